The van der Waals surface area contributed by atoms with Crippen LogP contribution >= 0.6 is 0 Å². The average Bonchev–Trinajstić information content (AvgIpc) is 2.99. The van der Waals surface area contributed by atoms with Crippen LogP contribution in [0.5, 0.6) is 0 Å². The molecule has 0 amide bonds. The molecule has 4 rings (SSSR count). The molecule has 0 heterocycles. The largest absolute Gasteiger partial charge is 0.396 e. The molecule has 4 aliphatic carbocycles. The van der Waals surface area contributed by atoms with Crippen molar-refractivity contribution >= 4 is 0 Å². The molecule has 0 radical (unpaired) electrons. The molecule has 0 bridgehead atoms. The van der Waals surface area contributed by atoms with Crippen molar-refractivity contribution in [2.24, 2.45) is 46.3 Å². The summed E-state index contributed by atoms with van der Waals surface area (Å²) in [7, 11) is 0. The molecule has 1 unspecified atom stereocenters. The fourth-order valence-corrected chi connectivity index (χ4v) is 8.88. The van der Waals surface area contributed by atoms with Crippen molar-refractivity contribution in [1.29, 1.82) is 0 Å². The van der Waals surface area contributed by atoms with Crippen molar-refractivity contribution in [3.63, 3.8) is 0 Å². The molecule has 0 aromatic heterocycles. The van der Waals surface area contributed by atoms with Gasteiger partial charge in [0.15, 0.2) is 0 Å². The highest BCUT2D eigenvalue weighted by Crippen LogP contribution is 2.68. The van der Waals surface area contributed by atoms with E-state index in [2.05, 4.69) is 13.8 Å². The Balaban J connectivity index is 1.54. The lowest BCUT2D eigenvalue weighted by Crippen LogP contribution is -2.53. The highest BCUT2D eigenvalue weighted by molar-refractivity contribution is 5.09. The number of hydrogen-bond acceptors (Lipinski definition) is 2. The number of rotatable bonds is 5. The van der Waals surface area contributed by atoms with E-state index in [1.54, 1.807) is 0 Å². The van der Waals surface area contributed by atoms with Gasteiger partial charge in [-0.1, -0.05) is 26.7 Å². The fourth-order valence-electron chi connectivity index (χ4n) is 8.88. The van der Waals surface area contributed by atoms with Crippen LogP contribution in [0.3, 0.4) is 0 Å². The van der Waals surface area contributed by atoms with E-state index in [1.807, 2.05) is 0 Å². The van der Waals surface area contributed by atoms with Gasteiger partial charge in [0.1, 0.15) is 0 Å². The molecule has 4 saturated carbocycles. The summed E-state index contributed by atoms with van der Waals surface area (Å²) >= 11 is 0. The highest BCUT2D eigenvalue weighted by Gasteiger charge is 2.60. The summed E-state index contributed by atoms with van der Waals surface area (Å²) in [5, 5.41) is 19.3. The van der Waals surface area contributed by atoms with Crippen LogP contribution < -0.4 is 0 Å². The Bertz CT molecular complexity index is 491. The maximum atomic E-state index is 10.1. The summed E-state index contributed by atoms with van der Waals surface area (Å²) in [5.74, 6) is 4.93. The Kier molecular flexibility index (Phi) is 5.47. The molecule has 8 atom stereocenters. The summed E-state index contributed by atoms with van der Waals surface area (Å²) in [6.45, 7) is 5.84. The lowest BCUT2D eigenvalue weighted by molar-refractivity contribution is -0.116. The van der Waals surface area contributed by atoms with Crippen molar-refractivity contribution < 1.29 is 10.2 Å². The number of aliphatic hydroxyl groups excluding tert-OH is 2. The Hall–Kier alpha value is -0.0800. The van der Waals surface area contributed by atoms with E-state index < -0.39 is 0 Å². The fraction of sp³-hybridized carbons (Fsp3) is 1.00. The van der Waals surface area contributed by atoms with E-state index in [0.717, 1.165) is 36.5 Å². The minimum Gasteiger partial charge on any atom is -0.396 e. The standard InChI is InChI=1S/C24H42O2/c1-23-13-4-3-7-18(23)8-9-19-21-11-10-20(17(16-26)6-5-15-25)24(21,2)14-12-22(19)23/h17-22,25-26H,3-16H2,1-2H3/t17-,18?,19-,20+,21-,22-,23-,24+/m0/s1. The van der Waals surface area contributed by atoms with Crippen LogP contribution in [-0.2, 0) is 0 Å². The maximum Gasteiger partial charge on any atom is 0.0462 e. The maximum absolute atomic E-state index is 10.1. The van der Waals surface area contributed by atoms with Gasteiger partial charge in [-0.3, -0.25) is 0 Å². The van der Waals surface area contributed by atoms with Crippen LogP contribution in [0.25, 0.3) is 0 Å². The number of aliphatic hydroxyl groups is 2. The van der Waals surface area contributed by atoms with Gasteiger partial charge in [0.2, 0.25) is 0 Å². The van der Waals surface area contributed by atoms with Gasteiger partial charge in [-0.05, 0) is 111 Å². The second-order valence-electron chi connectivity index (χ2n) is 10.9. The third-order valence-electron chi connectivity index (χ3n) is 10.2. The molecule has 0 saturated heterocycles. The third kappa shape index (κ3) is 2.89. The van der Waals surface area contributed by atoms with Crippen molar-refractivity contribution in [3.8, 4) is 0 Å². The summed E-state index contributed by atoms with van der Waals surface area (Å²) < 4.78 is 0. The predicted octanol–water partition coefficient (Wildman–Crippen LogP) is 5.42. The Labute approximate surface area is 161 Å². The normalized spacial score (nSPS) is 49.2. The zero-order chi connectivity index (χ0) is 18.4. The van der Waals surface area contributed by atoms with Gasteiger partial charge < -0.3 is 10.2 Å². The zero-order valence-electron chi connectivity index (χ0n) is 17.3. The summed E-state index contributed by atoms with van der Waals surface area (Å²) in [5.41, 5.74) is 1.08. The minimum atomic E-state index is 0.272. The summed E-state index contributed by atoms with van der Waals surface area (Å²) in [4.78, 5) is 0. The molecular formula is C24H42O2. The smallest absolute Gasteiger partial charge is 0.0462 e. The minimum absolute atomic E-state index is 0.272. The molecule has 4 aliphatic rings. The summed E-state index contributed by atoms with van der Waals surface area (Å²) in [6, 6.07) is 0. The first kappa shape index (κ1) is 19.2. The van der Waals surface area contributed by atoms with Crippen LogP contribution in [0, 0.1) is 46.3 Å². The van der Waals surface area contributed by atoms with Crippen LogP contribution in [-0.4, -0.2) is 23.4 Å². The van der Waals surface area contributed by atoms with Gasteiger partial charge in [-0.25, -0.2) is 0 Å². The lowest BCUT2D eigenvalue weighted by atomic mass is 9.44. The Morgan fingerprint density at radius 2 is 1.65 bits per heavy atom. The Morgan fingerprint density at radius 1 is 0.846 bits per heavy atom. The van der Waals surface area contributed by atoms with Crippen molar-refractivity contribution in [3.05, 3.63) is 0 Å². The summed E-state index contributed by atoms with van der Waals surface area (Å²) in [6.07, 6.45) is 16.3. The molecule has 0 aliphatic heterocycles. The van der Waals surface area contributed by atoms with Crippen molar-refractivity contribution in [1.82, 2.24) is 0 Å². The first-order valence-corrected chi connectivity index (χ1v) is 11.8. The quantitative estimate of drug-likeness (QED) is 0.686. The topological polar surface area (TPSA) is 40.5 Å². The van der Waals surface area contributed by atoms with Gasteiger partial charge in [0.05, 0.1) is 0 Å². The van der Waals surface area contributed by atoms with E-state index >= 15 is 0 Å². The third-order valence-corrected chi connectivity index (χ3v) is 10.2. The van der Waals surface area contributed by atoms with Crippen LogP contribution in [0.15, 0.2) is 0 Å². The van der Waals surface area contributed by atoms with Gasteiger partial charge in [0.25, 0.3) is 0 Å². The first-order chi connectivity index (χ1) is 12.5. The van der Waals surface area contributed by atoms with E-state index in [-0.39, 0.29) is 6.61 Å². The van der Waals surface area contributed by atoms with Gasteiger partial charge in [-0.2, -0.15) is 0 Å². The van der Waals surface area contributed by atoms with Crippen LogP contribution in [0.2, 0.25) is 0 Å². The molecule has 2 N–H and O–H groups in total. The molecule has 2 heteroatoms. The van der Waals surface area contributed by atoms with E-state index in [0.29, 0.717) is 29.3 Å². The molecule has 0 aromatic carbocycles. The van der Waals surface area contributed by atoms with E-state index in [1.165, 1.54) is 64.2 Å². The molecule has 2 nitrogen and oxygen atoms in total. The molecule has 4 fully saturated rings. The highest BCUT2D eigenvalue weighted by atomic mass is 16.3. The molecule has 150 valence electrons. The molecule has 0 aromatic rings. The van der Waals surface area contributed by atoms with E-state index in [4.69, 9.17) is 0 Å². The predicted molar refractivity (Wildman–Crippen MR) is 107 cm³/mol. The second kappa shape index (κ2) is 7.39. The van der Waals surface area contributed by atoms with Gasteiger partial charge >= 0.3 is 0 Å². The zero-order valence-corrected chi connectivity index (χ0v) is 17.3. The van der Waals surface area contributed by atoms with Crippen molar-refractivity contribution in [2.75, 3.05) is 13.2 Å². The van der Waals surface area contributed by atoms with Gasteiger partial charge in [-0.15, -0.1) is 0 Å². The number of fused-ring (bicyclic) bond motifs is 5. The molecular weight excluding hydrogens is 320 g/mol. The van der Waals surface area contributed by atoms with Gasteiger partial charge in [0, 0.05) is 13.2 Å². The molecule has 26 heavy (non-hydrogen) atoms. The van der Waals surface area contributed by atoms with E-state index in [9.17, 15) is 10.2 Å². The Morgan fingerprint density at radius 3 is 2.42 bits per heavy atom. The van der Waals surface area contributed by atoms with Crippen LogP contribution in [0.4, 0.5) is 0 Å². The second-order valence-corrected chi connectivity index (χ2v) is 10.9. The average molecular weight is 363 g/mol. The first-order valence-electron chi connectivity index (χ1n) is 11.8. The number of hydrogen-bond donors (Lipinski definition) is 2. The molecule has 0 spiro atoms. The van der Waals surface area contributed by atoms with Crippen molar-refractivity contribution in [2.45, 2.75) is 90.9 Å². The SMILES string of the molecule is C[C@]12CC[C@H]3[C@@H](CCC4CCCC[C@@]43C)[C@@H]1CC[C@@H]2[C@H](CO)CCCO. The lowest BCUT2D eigenvalue weighted by Gasteiger charge is -2.61. The monoisotopic (exact) mass is 362 g/mol. The van der Waals surface area contributed by atoms with Crippen LogP contribution in [0.1, 0.15) is 90.9 Å².